The van der Waals surface area contributed by atoms with Gasteiger partial charge in [-0.15, -0.1) is 0 Å². The number of hydrogen-bond acceptors (Lipinski definition) is 6. The molecule has 0 aliphatic carbocycles. The fourth-order valence-corrected chi connectivity index (χ4v) is 2.71. The van der Waals surface area contributed by atoms with Gasteiger partial charge in [0.2, 0.25) is 5.89 Å². The molecule has 0 radical (unpaired) electrons. The molecule has 0 fully saturated rings. The lowest BCUT2D eigenvalue weighted by Gasteiger charge is -2.19. The Morgan fingerprint density at radius 1 is 1.20 bits per heavy atom. The molecule has 2 aromatic carbocycles. The van der Waals surface area contributed by atoms with Crippen LogP contribution in [0.1, 0.15) is 18.6 Å². The van der Waals surface area contributed by atoms with Crippen molar-refractivity contribution in [2.24, 2.45) is 0 Å². The largest absolute Gasteiger partial charge is 0.490 e. The van der Waals surface area contributed by atoms with Gasteiger partial charge in [-0.25, -0.2) is 0 Å². The minimum atomic E-state index is -0.613. The Balaban J connectivity index is 1.52. The van der Waals surface area contributed by atoms with E-state index in [9.17, 15) is 5.11 Å². The Labute approximate surface area is 147 Å². The number of nitrogens with zero attached hydrogens (tertiary/aromatic N) is 3. The van der Waals surface area contributed by atoms with Crippen LogP contribution < -0.4 is 4.74 Å². The summed E-state index contributed by atoms with van der Waals surface area (Å²) in [7, 11) is 1.90. The molecule has 6 nitrogen and oxygen atoms in total. The smallest absolute Gasteiger partial charge is 0.240 e. The van der Waals surface area contributed by atoms with E-state index in [2.05, 4.69) is 10.1 Å². The number of hydrogen-bond donors (Lipinski definition) is 1. The average molecular weight is 341 g/mol. The SMILES string of the molecule is CCc1noc(CN(C)CC(O)COc2cccc3ccccc23)n1. The Kier molecular flexibility index (Phi) is 5.63. The zero-order valence-corrected chi connectivity index (χ0v) is 14.6. The Hall–Kier alpha value is -2.44. The Morgan fingerprint density at radius 2 is 2.00 bits per heavy atom. The van der Waals surface area contributed by atoms with Crippen LogP contribution in [0, 0.1) is 0 Å². The molecule has 132 valence electrons. The van der Waals surface area contributed by atoms with Gasteiger partial charge in [0.15, 0.2) is 5.82 Å². The number of aliphatic hydroxyl groups is 1. The quantitative estimate of drug-likeness (QED) is 0.679. The lowest BCUT2D eigenvalue weighted by Crippen LogP contribution is -2.32. The molecule has 3 aromatic rings. The highest BCUT2D eigenvalue weighted by atomic mass is 16.5. The van der Waals surface area contributed by atoms with Gasteiger partial charge in [-0.05, 0) is 18.5 Å². The molecule has 0 spiro atoms. The molecule has 1 unspecified atom stereocenters. The van der Waals surface area contributed by atoms with Gasteiger partial charge in [-0.2, -0.15) is 4.98 Å². The van der Waals surface area contributed by atoms with Crippen LogP contribution in [0.2, 0.25) is 0 Å². The zero-order chi connectivity index (χ0) is 17.6. The van der Waals surface area contributed by atoms with Crippen molar-refractivity contribution in [2.75, 3.05) is 20.2 Å². The minimum absolute atomic E-state index is 0.225. The summed E-state index contributed by atoms with van der Waals surface area (Å²) in [5, 5.41) is 16.3. The van der Waals surface area contributed by atoms with Crippen LogP contribution in [-0.2, 0) is 13.0 Å². The van der Waals surface area contributed by atoms with E-state index in [1.54, 1.807) is 0 Å². The predicted molar refractivity (Wildman–Crippen MR) is 95.5 cm³/mol. The lowest BCUT2D eigenvalue weighted by molar-refractivity contribution is 0.0719. The van der Waals surface area contributed by atoms with E-state index >= 15 is 0 Å². The van der Waals surface area contributed by atoms with E-state index in [1.807, 2.05) is 61.3 Å². The summed E-state index contributed by atoms with van der Waals surface area (Å²) < 4.78 is 11.0. The van der Waals surface area contributed by atoms with Crippen LogP contribution >= 0.6 is 0 Å². The van der Waals surface area contributed by atoms with Crippen LogP contribution in [0.3, 0.4) is 0 Å². The van der Waals surface area contributed by atoms with E-state index in [-0.39, 0.29) is 6.61 Å². The van der Waals surface area contributed by atoms with Gasteiger partial charge in [0.25, 0.3) is 0 Å². The van der Waals surface area contributed by atoms with Crippen molar-refractivity contribution in [1.82, 2.24) is 15.0 Å². The Morgan fingerprint density at radius 3 is 2.80 bits per heavy atom. The van der Waals surface area contributed by atoms with E-state index in [1.165, 1.54) is 0 Å². The summed E-state index contributed by atoms with van der Waals surface area (Å²) in [6.45, 7) is 3.15. The second-order valence-corrected chi connectivity index (χ2v) is 6.10. The summed E-state index contributed by atoms with van der Waals surface area (Å²) in [5.74, 6) is 2.04. The van der Waals surface area contributed by atoms with Gasteiger partial charge in [0, 0.05) is 18.4 Å². The molecule has 6 heteroatoms. The minimum Gasteiger partial charge on any atom is -0.490 e. The molecule has 0 aliphatic rings. The standard InChI is InChI=1S/C19H23N3O3/c1-3-18-20-19(25-21-18)12-22(2)11-15(23)13-24-17-10-6-8-14-7-4-5-9-16(14)17/h4-10,15,23H,3,11-13H2,1-2H3. The Bertz CT molecular complexity index is 813. The number of aryl methyl sites for hydroxylation is 1. The summed E-state index contributed by atoms with van der Waals surface area (Å²) in [5.41, 5.74) is 0. The van der Waals surface area contributed by atoms with Gasteiger partial charge < -0.3 is 14.4 Å². The molecular formula is C19H23N3O3. The van der Waals surface area contributed by atoms with E-state index in [4.69, 9.17) is 9.26 Å². The highest BCUT2D eigenvalue weighted by Crippen LogP contribution is 2.25. The number of likely N-dealkylation sites (N-methyl/N-ethyl adjacent to an activating group) is 1. The molecule has 0 saturated carbocycles. The monoisotopic (exact) mass is 341 g/mol. The van der Waals surface area contributed by atoms with Crippen LogP contribution in [0.5, 0.6) is 5.75 Å². The van der Waals surface area contributed by atoms with Crippen molar-refractivity contribution < 1.29 is 14.4 Å². The predicted octanol–water partition coefficient (Wildman–Crippen LogP) is 2.66. The summed E-state index contributed by atoms with van der Waals surface area (Å²) >= 11 is 0. The van der Waals surface area contributed by atoms with Crippen molar-refractivity contribution in [2.45, 2.75) is 26.0 Å². The second kappa shape index (κ2) is 8.09. The molecule has 0 aliphatic heterocycles. The molecular weight excluding hydrogens is 318 g/mol. The van der Waals surface area contributed by atoms with Gasteiger partial charge in [-0.1, -0.05) is 48.5 Å². The highest BCUT2D eigenvalue weighted by Gasteiger charge is 2.13. The van der Waals surface area contributed by atoms with Crippen LogP contribution in [0.25, 0.3) is 10.8 Å². The summed E-state index contributed by atoms with van der Waals surface area (Å²) in [4.78, 5) is 6.21. The van der Waals surface area contributed by atoms with Crippen LogP contribution in [0.4, 0.5) is 0 Å². The lowest BCUT2D eigenvalue weighted by atomic mass is 10.1. The first-order valence-corrected chi connectivity index (χ1v) is 8.44. The number of ether oxygens (including phenoxy) is 1. The van der Waals surface area contributed by atoms with Crippen molar-refractivity contribution in [1.29, 1.82) is 0 Å². The molecule has 0 amide bonds. The number of aliphatic hydroxyl groups excluding tert-OH is 1. The molecule has 3 rings (SSSR count). The van der Waals surface area contributed by atoms with Gasteiger partial charge in [0.05, 0.1) is 6.54 Å². The van der Waals surface area contributed by atoms with Crippen molar-refractivity contribution >= 4 is 10.8 Å². The number of fused-ring (bicyclic) bond motifs is 1. The third kappa shape index (κ3) is 4.55. The third-order valence-corrected chi connectivity index (χ3v) is 3.93. The molecule has 0 saturated heterocycles. The second-order valence-electron chi connectivity index (χ2n) is 6.10. The number of aromatic nitrogens is 2. The van der Waals surface area contributed by atoms with Crippen LogP contribution in [-0.4, -0.2) is 46.5 Å². The maximum absolute atomic E-state index is 10.2. The maximum Gasteiger partial charge on any atom is 0.240 e. The van der Waals surface area contributed by atoms with E-state index in [0.29, 0.717) is 24.8 Å². The fourth-order valence-electron chi connectivity index (χ4n) is 2.71. The number of benzene rings is 2. The highest BCUT2D eigenvalue weighted by molar-refractivity contribution is 5.88. The van der Waals surface area contributed by atoms with E-state index < -0.39 is 6.10 Å². The fraction of sp³-hybridized carbons (Fsp3) is 0.368. The van der Waals surface area contributed by atoms with Gasteiger partial charge >= 0.3 is 0 Å². The third-order valence-electron chi connectivity index (χ3n) is 3.93. The molecule has 0 bridgehead atoms. The van der Waals surface area contributed by atoms with Crippen LogP contribution in [0.15, 0.2) is 47.0 Å². The molecule has 1 heterocycles. The van der Waals surface area contributed by atoms with Gasteiger partial charge in [-0.3, -0.25) is 4.90 Å². The average Bonchev–Trinajstić information content (AvgIpc) is 3.07. The molecule has 25 heavy (non-hydrogen) atoms. The zero-order valence-electron chi connectivity index (χ0n) is 14.6. The first-order valence-electron chi connectivity index (χ1n) is 8.44. The first kappa shape index (κ1) is 17.4. The molecule has 1 N–H and O–H groups in total. The van der Waals surface area contributed by atoms with Crippen molar-refractivity contribution in [3.63, 3.8) is 0 Å². The van der Waals surface area contributed by atoms with Crippen molar-refractivity contribution in [3.05, 3.63) is 54.2 Å². The number of rotatable bonds is 8. The topological polar surface area (TPSA) is 71.6 Å². The molecule has 1 aromatic heterocycles. The van der Waals surface area contributed by atoms with Crippen molar-refractivity contribution in [3.8, 4) is 5.75 Å². The first-order chi connectivity index (χ1) is 12.2. The summed E-state index contributed by atoms with van der Waals surface area (Å²) in [6, 6.07) is 14.0. The normalized spacial score (nSPS) is 12.6. The van der Waals surface area contributed by atoms with E-state index in [0.717, 1.165) is 22.9 Å². The molecule has 1 atom stereocenters. The maximum atomic E-state index is 10.2. The summed E-state index contributed by atoms with van der Waals surface area (Å²) in [6.07, 6.45) is 0.131. The van der Waals surface area contributed by atoms with Gasteiger partial charge in [0.1, 0.15) is 18.5 Å².